The molecule has 0 radical (unpaired) electrons. The highest BCUT2D eigenvalue weighted by Crippen LogP contribution is 2.34. The van der Waals surface area contributed by atoms with Crippen molar-refractivity contribution in [2.24, 2.45) is 5.73 Å². The van der Waals surface area contributed by atoms with Gasteiger partial charge in [0.25, 0.3) is 5.91 Å². The quantitative estimate of drug-likeness (QED) is 0.462. The van der Waals surface area contributed by atoms with Gasteiger partial charge in [0, 0.05) is 6.54 Å². The fourth-order valence-electron chi connectivity index (χ4n) is 3.60. The van der Waals surface area contributed by atoms with E-state index in [2.05, 4.69) is 19.9 Å². The van der Waals surface area contributed by atoms with Crippen LogP contribution in [-0.4, -0.2) is 47.4 Å². The molecule has 1 aromatic heterocycles. The molecule has 1 aliphatic rings. The SMILES string of the molecule is CC(Oc1nsc(NC(=O)NCCCCN2CCCC2)c1C(N)=O)c1c(F)cccc1F. The predicted octanol–water partition coefficient (Wildman–Crippen LogP) is 3.66. The molecule has 1 saturated heterocycles. The molecule has 1 atom stereocenters. The minimum Gasteiger partial charge on any atom is -0.468 e. The fourth-order valence-corrected chi connectivity index (χ4v) is 4.33. The van der Waals surface area contributed by atoms with Gasteiger partial charge in [-0.3, -0.25) is 10.1 Å². The maximum atomic E-state index is 14.0. The number of amides is 3. The fraction of sp³-hybridized carbons (Fsp3) is 0.476. The zero-order valence-electron chi connectivity index (χ0n) is 17.8. The normalized spacial score (nSPS) is 14.8. The van der Waals surface area contributed by atoms with Crippen LogP contribution in [0.3, 0.4) is 0 Å². The average Bonchev–Trinajstić information content (AvgIpc) is 3.37. The lowest BCUT2D eigenvalue weighted by Crippen LogP contribution is -2.30. The summed E-state index contributed by atoms with van der Waals surface area (Å²) in [7, 11) is 0. The number of unbranched alkanes of at least 4 members (excludes halogenated alkanes) is 1. The van der Waals surface area contributed by atoms with E-state index < -0.39 is 29.7 Å². The van der Waals surface area contributed by atoms with Crippen LogP contribution in [0.2, 0.25) is 0 Å². The van der Waals surface area contributed by atoms with E-state index in [-0.39, 0.29) is 22.0 Å². The molecule has 3 rings (SSSR count). The number of nitrogens with one attached hydrogen (secondary N) is 2. The lowest BCUT2D eigenvalue weighted by molar-refractivity contribution is 0.0994. The molecule has 4 N–H and O–H groups in total. The summed E-state index contributed by atoms with van der Waals surface area (Å²) < 4.78 is 37.5. The number of anilines is 1. The minimum atomic E-state index is -1.08. The molecule has 0 bridgehead atoms. The van der Waals surface area contributed by atoms with Crippen molar-refractivity contribution >= 4 is 28.5 Å². The second-order valence-corrected chi connectivity index (χ2v) is 8.36. The summed E-state index contributed by atoms with van der Waals surface area (Å²) in [5, 5.41) is 5.38. The molecule has 2 heterocycles. The van der Waals surface area contributed by atoms with Crippen molar-refractivity contribution in [3.8, 4) is 5.88 Å². The zero-order chi connectivity index (χ0) is 23.1. The van der Waals surface area contributed by atoms with E-state index in [0.29, 0.717) is 6.54 Å². The Labute approximate surface area is 189 Å². The standard InChI is InChI=1S/C21H27F2N5O3S/c1-13(16-14(22)7-6-8-15(16)23)31-19-17(18(24)29)20(32-27-19)26-21(30)25-9-2-3-10-28-11-4-5-12-28/h6-8,13H,2-5,9-12H2,1H3,(H2,24,29)(H2,25,26,30). The number of nitrogens with zero attached hydrogens (tertiary/aromatic N) is 2. The number of likely N-dealkylation sites (tertiary alicyclic amines) is 1. The topological polar surface area (TPSA) is 110 Å². The number of carbonyl (C=O) groups excluding carboxylic acids is 2. The van der Waals surface area contributed by atoms with E-state index in [1.807, 2.05) is 0 Å². The Morgan fingerprint density at radius 3 is 2.59 bits per heavy atom. The van der Waals surface area contributed by atoms with Gasteiger partial charge in [-0.2, -0.15) is 4.37 Å². The molecule has 8 nitrogen and oxygen atoms in total. The summed E-state index contributed by atoms with van der Waals surface area (Å²) >= 11 is 0.797. The van der Waals surface area contributed by atoms with Crippen LogP contribution in [0.15, 0.2) is 18.2 Å². The third-order valence-corrected chi connectivity index (χ3v) is 5.96. The number of ether oxygens (including phenoxy) is 1. The number of carbonyl (C=O) groups is 2. The summed E-state index contributed by atoms with van der Waals surface area (Å²) in [6, 6.07) is 2.95. The molecule has 174 valence electrons. The van der Waals surface area contributed by atoms with Gasteiger partial charge in [0.1, 0.15) is 28.3 Å². The van der Waals surface area contributed by atoms with Gasteiger partial charge in [0.2, 0.25) is 5.88 Å². The van der Waals surface area contributed by atoms with E-state index in [9.17, 15) is 18.4 Å². The van der Waals surface area contributed by atoms with Crippen molar-refractivity contribution in [3.05, 3.63) is 41.0 Å². The van der Waals surface area contributed by atoms with Gasteiger partial charge in [-0.05, 0) is 75.9 Å². The monoisotopic (exact) mass is 467 g/mol. The molecule has 1 aliphatic heterocycles. The first-order valence-electron chi connectivity index (χ1n) is 10.5. The van der Waals surface area contributed by atoms with Crippen molar-refractivity contribution < 1.29 is 23.1 Å². The van der Waals surface area contributed by atoms with Crippen LogP contribution >= 0.6 is 11.5 Å². The van der Waals surface area contributed by atoms with Gasteiger partial charge in [0.05, 0.1) is 5.56 Å². The third kappa shape index (κ3) is 6.13. The molecule has 0 saturated carbocycles. The Morgan fingerprint density at radius 2 is 1.94 bits per heavy atom. The Hall–Kier alpha value is -2.79. The Morgan fingerprint density at radius 1 is 1.25 bits per heavy atom. The van der Waals surface area contributed by atoms with E-state index >= 15 is 0 Å². The Balaban J connectivity index is 1.55. The molecule has 1 fully saturated rings. The average molecular weight is 468 g/mol. The molecule has 3 amide bonds. The Kier molecular flexibility index (Phi) is 8.34. The molecule has 0 aliphatic carbocycles. The molecular formula is C21H27F2N5O3S. The van der Waals surface area contributed by atoms with Crippen molar-refractivity contribution in [2.45, 2.75) is 38.7 Å². The molecule has 2 aromatic rings. The van der Waals surface area contributed by atoms with Crippen LogP contribution in [0, 0.1) is 11.6 Å². The largest absolute Gasteiger partial charge is 0.468 e. The number of hydrogen-bond acceptors (Lipinski definition) is 6. The van der Waals surface area contributed by atoms with Crippen LogP contribution in [-0.2, 0) is 0 Å². The predicted molar refractivity (Wildman–Crippen MR) is 118 cm³/mol. The van der Waals surface area contributed by atoms with Gasteiger partial charge >= 0.3 is 6.03 Å². The molecule has 11 heteroatoms. The highest BCUT2D eigenvalue weighted by molar-refractivity contribution is 7.11. The smallest absolute Gasteiger partial charge is 0.319 e. The second-order valence-electron chi connectivity index (χ2n) is 7.59. The third-order valence-electron chi connectivity index (χ3n) is 5.21. The van der Waals surface area contributed by atoms with Crippen LogP contribution in [0.25, 0.3) is 0 Å². The van der Waals surface area contributed by atoms with Crippen LogP contribution < -0.4 is 21.1 Å². The van der Waals surface area contributed by atoms with Gasteiger partial charge in [-0.1, -0.05) is 6.07 Å². The lowest BCUT2D eigenvalue weighted by Gasteiger charge is -2.15. The summed E-state index contributed by atoms with van der Waals surface area (Å²) in [4.78, 5) is 26.6. The molecule has 1 aromatic carbocycles. The van der Waals surface area contributed by atoms with Crippen molar-refractivity contribution in [1.82, 2.24) is 14.6 Å². The number of nitrogens with two attached hydrogens (primary N) is 1. The first kappa shape index (κ1) is 23.9. The number of hydrogen-bond donors (Lipinski definition) is 3. The molecule has 32 heavy (non-hydrogen) atoms. The van der Waals surface area contributed by atoms with Crippen LogP contribution in [0.4, 0.5) is 18.6 Å². The van der Waals surface area contributed by atoms with Crippen LogP contribution in [0.5, 0.6) is 5.88 Å². The van der Waals surface area contributed by atoms with Gasteiger partial charge in [-0.25, -0.2) is 13.6 Å². The van der Waals surface area contributed by atoms with Crippen LogP contribution in [0.1, 0.15) is 54.6 Å². The maximum Gasteiger partial charge on any atom is 0.319 e. The Bertz CT molecular complexity index is 929. The van der Waals surface area contributed by atoms with Gasteiger partial charge in [-0.15, -0.1) is 0 Å². The van der Waals surface area contributed by atoms with E-state index in [1.165, 1.54) is 25.8 Å². The highest BCUT2D eigenvalue weighted by Gasteiger charge is 2.25. The first-order chi connectivity index (χ1) is 15.4. The zero-order valence-corrected chi connectivity index (χ0v) is 18.6. The molecular weight excluding hydrogens is 440 g/mol. The number of aromatic nitrogens is 1. The minimum absolute atomic E-state index is 0.100. The molecule has 1 unspecified atom stereocenters. The number of urea groups is 1. The highest BCUT2D eigenvalue weighted by atomic mass is 32.1. The van der Waals surface area contributed by atoms with Crippen molar-refractivity contribution in [3.63, 3.8) is 0 Å². The first-order valence-corrected chi connectivity index (χ1v) is 11.3. The van der Waals surface area contributed by atoms with E-state index in [1.54, 1.807) is 0 Å². The summed E-state index contributed by atoms with van der Waals surface area (Å²) in [5.41, 5.74) is 4.99. The van der Waals surface area contributed by atoms with E-state index in [4.69, 9.17) is 10.5 Å². The number of halogens is 2. The van der Waals surface area contributed by atoms with Gasteiger partial charge in [0.15, 0.2) is 0 Å². The second kappa shape index (κ2) is 11.2. The summed E-state index contributed by atoms with van der Waals surface area (Å²) in [5.74, 6) is -2.64. The number of rotatable bonds is 10. The summed E-state index contributed by atoms with van der Waals surface area (Å²) in [6.07, 6.45) is 3.23. The number of primary amides is 1. The lowest BCUT2D eigenvalue weighted by atomic mass is 10.1. The van der Waals surface area contributed by atoms with Gasteiger partial charge < -0.3 is 20.7 Å². The maximum absolute atomic E-state index is 14.0. The van der Waals surface area contributed by atoms with Crippen molar-refractivity contribution in [2.75, 3.05) is 31.5 Å². The molecule has 0 spiro atoms. The van der Waals surface area contributed by atoms with E-state index in [0.717, 1.165) is 56.1 Å². The summed E-state index contributed by atoms with van der Waals surface area (Å²) in [6.45, 7) is 5.21. The van der Waals surface area contributed by atoms with Crippen molar-refractivity contribution in [1.29, 1.82) is 0 Å². The number of benzene rings is 1.